The molecule has 0 radical (unpaired) electrons. The Kier molecular flexibility index (Phi) is 4.69. The number of hydrogen-bond acceptors (Lipinski definition) is 4. The summed E-state index contributed by atoms with van der Waals surface area (Å²) in [6, 6.07) is -1.91. The van der Waals surface area contributed by atoms with Crippen LogP contribution in [0.4, 0.5) is 4.79 Å². The van der Waals surface area contributed by atoms with Crippen molar-refractivity contribution in [2.75, 3.05) is 0 Å². The highest BCUT2D eigenvalue weighted by Crippen LogP contribution is 2.19. The molecule has 8 nitrogen and oxygen atoms in total. The van der Waals surface area contributed by atoms with E-state index in [1.54, 1.807) is 39.3 Å². The molecule has 112 valence electrons. The number of nitrogens with one attached hydrogen (secondary N) is 2. The largest absolute Gasteiger partial charge is 0.480 e. The van der Waals surface area contributed by atoms with Crippen LogP contribution in [-0.4, -0.2) is 37.9 Å². The van der Waals surface area contributed by atoms with E-state index in [0.717, 1.165) is 0 Å². The van der Waals surface area contributed by atoms with Crippen LogP contribution in [0.2, 0.25) is 0 Å². The molecule has 2 atom stereocenters. The van der Waals surface area contributed by atoms with E-state index < -0.39 is 23.5 Å². The van der Waals surface area contributed by atoms with Crippen molar-refractivity contribution >= 4 is 12.0 Å². The van der Waals surface area contributed by atoms with Gasteiger partial charge in [-0.25, -0.2) is 9.59 Å². The van der Waals surface area contributed by atoms with Crippen LogP contribution in [0.3, 0.4) is 0 Å². The number of carboxylic acids is 1. The van der Waals surface area contributed by atoms with Crippen LogP contribution in [-0.2, 0) is 11.8 Å². The fraction of sp³-hybridized carbons (Fsp3) is 0.667. The molecule has 0 aromatic carbocycles. The summed E-state index contributed by atoms with van der Waals surface area (Å²) in [7, 11) is 1.76. The summed E-state index contributed by atoms with van der Waals surface area (Å²) in [6.45, 7) is 6.99. The van der Waals surface area contributed by atoms with Gasteiger partial charge in [0.15, 0.2) is 5.82 Å². The monoisotopic (exact) mass is 283 g/mol. The van der Waals surface area contributed by atoms with Gasteiger partial charge in [-0.15, -0.1) is 10.2 Å². The third kappa shape index (κ3) is 3.94. The van der Waals surface area contributed by atoms with Gasteiger partial charge in [0.05, 0.1) is 6.04 Å². The minimum atomic E-state index is -1.07. The zero-order chi connectivity index (χ0) is 15.5. The zero-order valence-corrected chi connectivity index (χ0v) is 12.3. The van der Waals surface area contributed by atoms with Gasteiger partial charge >= 0.3 is 12.0 Å². The van der Waals surface area contributed by atoms with Gasteiger partial charge in [-0.1, -0.05) is 20.8 Å². The second kappa shape index (κ2) is 5.89. The highest BCUT2D eigenvalue weighted by atomic mass is 16.4. The van der Waals surface area contributed by atoms with Crippen molar-refractivity contribution in [3.05, 3.63) is 12.2 Å². The Hall–Kier alpha value is -2.12. The highest BCUT2D eigenvalue weighted by molar-refractivity contribution is 5.83. The molecule has 1 unspecified atom stereocenters. The molecule has 0 bridgehead atoms. The van der Waals surface area contributed by atoms with Gasteiger partial charge in [-0.3, -0.25) is 0 Å². The van der Waals surface area contributed by atoms with Gasteiger partial charge in [0, 0.05) is 7.05 Å². The molecule has 3 N–H and O–H groups in total. The predicted molar refractivity (Wildman–Crippen MR) is 72.0 cm³/mol. The van der Waals surface area contributed by atoms with Gasteiger partial charge in [0.25, 0.3) is 0 Å². The fourth-order valence-corrected chi connectivity index (χ4v) is 1.77. The summed E-state index contributed by atoms with van der Waals surface area (Å²) in [5.74, 6) is -0.484. The summed E-state index contributed by atoms with van der Waals surface area (Å²) in [6.07, 6.45) is 1.53. The Morgan fingerprint density at radius 1 is 1.35 bits per heavy atom. The summed E-state index contributed by atoms with van der Waals surface area (Å²) in [4.78, 5) is 23.1. The van der Waals surface area contributed by atoms with E-state index in [1.807, 2.05) is 0 Å². The van der Waals surface area contributed by atoms with Crippen LogP contribution in [0.15, 0.2) is 6.33 Å². The minimum absolute atomic E-state index is 0.378. The van der Waals surface area contributed by atoms with Gasteiger partial charge in [0.2, 0.25) is 0 Å². The molecule has 20 heavy (non-hydrogen) atoms. The number of aryl methyl sites for hydroxylation is 1. The predicted octanol–water partition coefficient (Wildman–Crippen LogP) is 0.675. The quantitative estimate of drug-likeness (QED) is 0.752. The van der Waals surface area contributed by atoms with Crippen LogP contribution in [0.25, 0.3) is 0 Å². The van der Waals surface area contributed by atoms with E-state index in [2.05, 4.69) is 20.8 Å². The molecule has 0 saturated carbocycles. The summed E-state index contributed by atoms with van der Waals surface area (Å²) < 4.78 is 1.68. The molecule has 2 amide bonds. The average Bonchev–Trinajstić information content (AvgIpc) is 2.70. The number of hydrogen-bond donors (Lipinski definition) is 3. The molecule has 0 aliphatic carbocycles. The number of carbonyl (C=O) groups excluding carboxylic acids is 1. The van der Waals surface area contributed by atoms with Crippen LogP contribution < -0.4 is 10.6 Å². The minimum Gasteiger partial charge on any atom is -0.480 e. The number of urea groups is 1. The summed E-state index contributed by atoms with van der Waals surface area (Å²) >= 11 is 0. The number of carbonyl (C=O) groups is 2. The molecule has 0 fully saturated rings. The molecular formula is C12H21N5O3. The topological polar surface area (TPSA) is 109 Å². The number of rotatable bonds is 4. The molecule has 0 saturated heterocycles. The van der Waals surface area contributed by atoms with Crippen LogP contribution >= 0.6 is 0 Å². The Morgan fingerprint density at radius 2 is 1.95 bits per heavy atom. The maximum absolute atomic E-state index is 11.9. The first-order valence-electron chi connectivity index (χ1n) is 6.26. The molecule has 1 aromatic rings. The van der Waals surface area contributed by atoms with Crippen molar-refractivity contribution in [2.45, 2.75) is 39.8 Å². The van der Waals surface area contributed by atoms with Gasteiger partial charge < -0.3 is 20.3 Å². The first-order valence-corrected chi connectivity index (χ1v) is 6.26. The highest BCUT2D eigenvalue weighted by Gasteiger charge is 2.33. The lowest BCUT2D eigenvalue weighted by atomic mass is 9.87. The molecule has 1 aromatic heterocycles. The Balaban J connectivity index is 2.68. The van der Waals surface area contributed by atoms with Crippen molar-refractivity contribution in [1.82, 2.24) is 25.4 Å². The number of amides is 2. The fourth-order valence-electron chi connectivity index (χ4n) is 1.77. The van der Waals surface area contributed by atoms with E-state index in [1.165, 1.54) is 6.33 Å². The molecule has 1 heterocycles. The number of nitrogens with zero attached hydrogens (tertiary/aromatic N) is 3. The van der Waals surface area contributed by atoms with E-state index in [0.29, 0.717) is 5.82 Å². The smallest absolute Gasteiger partial charge is 0.326 e. The molecule has 0 aliphatic rings. The van der Waals surface area contributed by atoms with Crippen LogP contribution in [0, 0.1) is 5.41 Å². The lowest BCUT2D eigenvalue weighted by Gasteiger charge is -2.28. The van der Waals surface area contributed by atoms with Crippen molar-refractivity contribution in [1.29, 1.82) is 0 Å². The Morgan fingerprint density at radius 3 is 2.35 bits per heavy atom. The van der Waals surface area contributed by atoms with Gasteiger partial charge in [0.1, 0.15) is 12.4 Å². The third-order valence-electron chi connectivity index (χ3n) is 2.87. The SMILES string of the molecule is CC(NC(=O)N[C@H](C(=O)O)C(C)(C)C)c1nncn1C. The first-order chi connectivity index (χ1) is 9.12. The molecule has 0 aliphatic heterocycles. The zero-order valence-electron chi connectivity index (χ0n) is 12.3. The van der Waals surface area contributed by atoms with Crippen molar-refractivity contribution < 1.29 is 14.7 Å². The van der Waals surface area contributed by atoms with E-state index in [4.69, 9.17) is 5.11 Å². The molecule has 1 rings (SSSR count). The standard InChI is InChI=1S/C12H21N5O3/c1-7(9-16-13-6-17(9)5)14-11(20)15-8(10(18)19)12(2,3)4/h6-8H,1-5H3,(H,18,19)(H2,14,15,20)/t7?,8-/m1/s1. The third-order valence-corrected chi connectivity index (χ3v) is 2.87. The number of aromatic nitrogens is 3. The number of aliphatic carboxylic acids is 1. The second-order valence-corrected chi connectivity index (χ2v) is 5.78. The Labute approximate surface area is 117 Å². The lowest BCUT2D eigenvalue weighted by molar-refractivity contribution is -0.141. The number of carboxylic acid groups (broad SMARTS) is 1. The average molecular weight is 283 g/mol. The van der Waals surface area contributed by atoms with Crippen molar-refractivity contribution in [3.8, 4) is 0 Å². The maximum atomic E-state index is 11.9. The van der Waals surface area contributed by atoms with E-state index in [9.17, 15) is 9.59 Å². The van der Waals surface area contributed by atoms with Crippen LogP contribution in [0.1, 0.15) is 39.6 Å². The summed E-state index contributed by atoms with van der Waals surface area (Å²) in [5, 5.41) is 21.9. The van der Waals surface area contributed by atoms with Crippen LogP contribution in [0.5, 0.6) is 0 Å². The van der Waals surface area contributed by atoms with Gasteiger partial charge in [-0.2, -0.15) is 0 Å². The lowest BCUT2D eigenvalue weighted by Crippen LogP contribution is -2.52. The maximum Gasteiger partial charge on any atom is 0.326 e. The normalized spacial score (nSPS) is 14.4. The van der Waals surface area contributed by atoms with E-state index in [-0.39, 0.29) is 6.04 Å². The first kappa shape index (κ1) is 15.9. The van der Waals surface area contributed by atoms with Crippen molar-refractivity contribution in [3.63, 3.8) is 0 Å². The molecule has 8 heteroatoms. The van der Waals surface area contributed by atoms with Crippen molar-refractivity contribution in [2.24, 2.45) is 12.5 Å². The second-order valence-electron chi connectivity index (χ2n) is 5.78. The Bertz CT molecular complexity index is 492. The molecular weight excluding hydrogens is 262 g/mol. The van der Waals surface area contributed by atoms with Gasteiger partial charge in [-0.05, 0) is 12.3 Å². The summed E-state index contributed by atoms with van der Waals surface area (Å²) in [5.41, 5.74) is -0.586. The molecule has 0 spiro atoms. The van der Waals surface area contributed by atoms with E-state index >= 15 is 0 Å².